The van der Waals surface area contributed by atoms with Crippen molar-refractivity contribution in [3.8, 4) is 0 Å². The van der Waals surface area contributed by atoms with Crippen LogP contribution in [0, 0.1) is 0 Å². The second-order valence-electron chi connectivity index (χ2n) is 6.13. The number of amides is 1. The topological polar surface area (TPSA) is 52.6 Å². The van der Waals surface area contributed by atoms with Crippen molar-refractivity contribution in [1.29, 1.82) is 0 Å². The minimum absolute atomic E-state index is 0.0714. The van der Waals surface area contributed by atoms with Gasteiger partial charge in [-0.05, 0) is 44.8 Å². The predicted molar refractivity (Wildman–Crippen MR) is 88.5 cm³/mol. The number of rotatable bonds is 6. The Morgan fingerprint density at radius 1 is 1.18 bits per heavy atom. The molecule has 1 aliphatic rings. The van der Waals surface area contributed by atoms with Crippen LogP contribution in [0.25, 0.3) is 0 Å². The molecule has 1 aromatic carbocycles. The van der Waals surface area contributed by atoms with Crippen LogP contribution in [-0.2, 0) is 4.79 Å². The van der Waals surface area contributed by atoms with E-state index in [2.05, 4.69) is 10.2 Å². The third-order valence-corrected chi connectivity index (χ3v) is 4.47. The summed E-state index contributed by atoms with van der Waals surface area (Å²) < 4.78 is 0. The second kappa shape index (κ2) is 8.91. The molecule has 0 radical (unpaired) electrons. The summed E-state index contributed by atoms with van der Waals surface area (Å²) in [5.41, 5.74) is 0.900. The van der Waals surface area contributed by atoms with Crippen LogP contribution in [0.2, 0.25) is 0 Å². The summed E-state index contributed by atoms with van der Waals surface area (Å²) >= 11 is 0. The number of hydrogen-bond acceptors (Lipinski definition) is 3. The number of carbonyl (C=O) groups is 1. The Morgan fingerprint density at radius 2 is 1.82 bits per heavy atom. The summed E-state index contributed by atoms with van der Waals surface area (Å²) in [5, 5.41) is 13.1. The highest BCUT2D eigenvalue weighted by Gasteiger charge is 2.21. The molecule has 1 fully saturated rings. The van der Waals surface area contributed by atoms with Gasteiger partial charge in [-0.25, -0.2) is 0 Å². The Hall–Kier alpha value is -1.39. The Morgan fingerprint density at radius 3 is 2.45 bits per heavy atom. The average Bonchev–Trinajstić information content (AvgIpc) is 2.84. The molecule has 0 aromatic heterocycles. The highest BCUT2D eigenvalue weighted by atomic mass is 16.3. The predicted octanol–water partition coefficient (Wildman–Crippen LogP) is 2.49. The standard InChI is InChI=1S/C18H28N2O2/c1-15(20-13-7-2-3-8-14-20)18(22)19-12-11-17(21)16-9-5-4-6-10-16/h4-6,9-10,15,17,21H,2-3,7-8,11-14H2,1H3,(H,19,22). The first kappa shape index (κ1) is 17.0. The number of aliphatic hydroxyl groups excluding tert-OH is 1. The van der Waals surface area contributed by atoms with Crippen LogP contribution in [0.5, 0.6) is 0 Å². The van der Waals surface area contributed by atoms with Gasteiger partial charge in [0.25, 0.3) is 0 Å². The number of benzene rings is 1. The smallest absolute Gasteiger partial charge is 0.237 e. The number of nitrogens with zero attached hydrogens (tertiary/aromatic N) is 1. The summed E-state index contributed by atoms with van der Waals surface area (Å²) in [7, 11) is 0. The van der Waals surface area contributed by atoms with Crippen LogP contribution < -0.4 is 5.32 Å². The van der Waals surface area contributed by atoms with E-state index < -0.39 is 6.10 Å². The van der Waals surface area contributed by atoms with E-state index in [1.807, 2.05) is 37.3 Å². The van der Waals surface area contributed by atoms with Crippen molar-refractivity contribution in [3.05, 3.63) is 35.9 Å². The molecule has 1 amide bonds. The molecule has 4 heteroatoms. The molecule has 1 saturated heterocycles. The molecular formula is C18H28N2O2. The maximum Gasteiger partial charge on any atom is 0.237 e. The third-order valence-electron chi connectivity index (χ3n) is 4.47. The number of nitrogens with one attached hydrogen (secondary N) is 1. The molecule has 0 bridgehead atoms. The van der Waals surface area contributed by atoms with E-state index in [-0.39, 0.29) is 11.9 Å². The van der Waals surface area contributed by atoms with Gasteiger partial charge in [-0.15, -0.1) is 0 Å². The van der Waals surface area contributed by atoms with Crippen molar-refractivity contribution in [2.24, 2.45) is 0 Å². The van der Waals surface area contributed by atoms with E-state index >= 15 is 0 Å². The van der Waals surface area contributed by atoms with Crippen LogP contribution in [0.1, 0.15) is 50.7 Å². The van der Waals surface area contributed by atoms with Crippen LogP contribution in [0.3, 0.4) is 0 Å². The molecule has 1 aliphatic heterocycles. The highest BCUT2D eigenvalue weighted by molar-refractivity contribution is 5.81. The van der Waals surface area contributed by atoms with Crippen LogP contribution >= 0.6 is 0 Å². The maximum absolute atomic E-state index is 12.2. The molecule has 22 heavy (non-hydrogen) atoms. The second-order valence-corrected chi connectivity index (χ2v) is 6.13. The fourth-order valence-electron chi connectivity index (χ4n) is 2.97. The summed E-state index contributed by atoms with van der Waals surface area (Å²) in [5.74, 6) is 0.0714. The van der Waals surface area contributed by atoms with Crippen molar-refractivity contribution in [1.82, 2.24) is 10.2 Å². The molecule has 1 heterocycles. The zero-order chi connectivity index (χ0) is 15.8. The van der Waals surface area contributed by atoms with E-state index in [0.717, 1.165) is 18.7 Å². The largest absolute Gasteiger partial charge is 0.388 e. The first-order chi connectivity index (χ1) is 10.7. The molecular weight excluding hydrogens is 276 g/mol. The van der Waals surface area contributed by atoms with Gasteiger partial charge in [0.2, 0.25) is 5.91 Å². The minimum Gasteiger partial charge on any atom is -0.388 e. The van der Waals surface area contributed by atoms with E-state index in [4.69, 9.17) is 0 Å². The monoisotopic (exact) mass is 304 g/mol. The summed E-state index contributed by atoms with van der Waals surface area (Å²) in [6.45, 7) is 4.52. The highest BCUT2D eigenvalue weighted by Crippen LogP contribution is 2.15. The van der Waals surface area contributed by atoms with E-state index in [9.17, 15) is 9.90 Å². The van der Waals surface area contributed by atoms with E-state index in [1.54, 1.807) is 0 Å². The summed E-state index contributed by atoms with van der Waals surface area (Å²) in [6, 6.07) is 9.50. The van der Waals surface area contributed by atoms with Crippen molar-refractivity contribution in [2.75, 3.05) is 19.6 Å². The molecule has 0 aliphatic carbocycles. The van der Waals surface area contributed by atoms with Gasteiger partial charge in [-0.3, -0.25) is 9.69 Å². The fraction of sp³-hybridized carbons (Fsp3) is 0.611. The molecule has 4 nitrogen and oxygen atoms in total. The average molecular weight is 304 g/mol. The zero-order valence-electron chi connectivity index (χ0n) is 13.5. The number of likely N-dealkylation sites (tertiary alicyclic amines) is 1. The van der Waals surface area contributed by atoms with Gasteiger partial charge >= 0.3 is 0 Å². The number of hydrogen-bond donors (Lipinski definition) is 2. The van der Waals surface area contributed by atoms with E-state index in [1.165, 1.54) is 25.7 Å². The van der Waals surface area contributed by atoms with Gasteiger partial charge in [-0.1, -0.05) is 43.2 Å². The zero-order valence-corrected chi connectivity index (χ0v) is 13.5. The summed E-state index contributed by atoms with van der Waals surface area (Å²) in [4.78, 5) is 14.5. The lowest BCUT2D eigenvalue weighted by atomic mass is 10.1. The quantitative estimate of drug-likeness (QED) is 0.849. The van der Waals surface area contributed by atoms with E-state index in [0.29, 0.717) is 13.0 Å². The Bertz CT molecular complexity index is 442. The first-order valence-electron chi connectivity index (χ1n) is 8.43. The van der Waals surface area contributed by atoms with Gasteiger partial charge in [0, 0.05) is 6.54 Å². The Kier molecular flexibility index (Phi) is 6.87. The minimum atomic E-state index is -0.519. The molecule has 1 aromatic rings. The van der Waals surface area contributed by atoms with Crippen LogP contribution in [-0.4, -0.2) is 41.6 Å². The normalized spacial score (nSPS) is 19.2. The lowest BCUT2D eigenvalue weighted by Crippen LogP contribution is -2.45. The van der Waals surface area contributed by atoms with Gasteiger partial charge in [0.15, 0.2) is 0 Å². The molecule has 2 unspecified atom stereocenters. The molecule has 2 rings (SSSR count). The van der Waals surface area contributed by atoms with Crippen molar-refractivity contribution in [2.45, 2.75) is 51.2 Å². The number of carbonyl (C=O) groups excluding carboxylic acids is 1. The van der Waals surface area contributed by atoms with Gasteiger partial charge in [-0.2, -0.15) is 0 Å². The lowest BCUT2D eigenvalue weighted by molar-refractivity contribution is -0.125. The SMILES string of the molecule is CC(C(=O)NCCC(O)c1ccccc1)N1CCCCCC1. The molecule has 2 atom stereocenters. The molecule has 0 spiro atoms. The maximum atomic E-state index is 12.2. The third kappa shape index (κ3) is 5.11. The number of aliphatic hydroxyl groups is 1. The summed E-state index contributed by atoms with van der Waals surface area (Å²) in [6.07, 6.45) is 4.94. The van der Waals surface area contributed by atoms with Gasteiger partial charge in [0.05, 0.1) is 12.1 Å². The van der Waals surface area contributed by atoms with Crippen molar-refractivity contribution in [3.63, 3.8) is 0 Å². The van der Waals surface area contributed by atoms with Gasteiger partial charge < -0.3 is 10.4 Å². The lowest BCUT2D eigenvalue weighted by Gasteiger charge is -2.26. The molecule has 122 valence electrons. The fourth-order valence-corrected chi connectivity index (χ4v) is 2.97. The van der Waals surface area contributed by atoms with Crippen LogP contribution in [0.4, 0.5) is 0 Å². The Labute approximate surface area is 133 Å². The molecule has 2 N–H and O–H groups in total. The van der Waals surface area contributed by atoms with Crippen molar-refractivity contribution >= 4 is 5.91 Å². The Balaban J connectivity index is 1.72. The first-order valence-corrected chi connectivity index (χ1v) is 8.43. The molecule has 0 saturated carbocycles. The van der Waals surface area contributed by atoms with Crippen molar-refractivity contribution < 1.29 is 9.90 Å². The van der Waals surface area contributed by atoms with Crippen LogP contribution in [0.15, 0.2) is 30.3 Å². The van der Waals surface area contributed by atoms with Gasteiger partial charge in [0.1, 0.15) is 0 Å².